The molecule has 0 bridgehead atoms. The van der Waals surface area contributed by atoms with Gasteiger partial charge >= 0.3 is 0 Å². The largest absolute Gasteiger partial charge is 0.508 e. The molecule has 2 aromatic rings. The summed E-state index contributed by atoms with van der Waals surface area (Å²) in [4.78, 5) is 0. The second-order valence-electron chi connectivity index (χ2n) is 8.64. The number of aromatic hydroxyl groups is 2. The molecule has 2 heteroatoms. The van der Waals surface area contributed by atoms with E-state index in [-0.39, 0.29) is 5.41 Å². The van der Waals surface area contributed by atoms with E-state index in [9.17, 15) is 10.2 Å². The monoisotopic (exact) mass is 364 g/mol. The first-order valence-corrected chi connectivity index (χ1v) is 10.2. The van der Waals surface area contributed by atoms with Crippen LogP contribution in [0.5, 0.6) is 11.5 Å². The second-order valence-corrected chi connectivity index (χ2v) is 8.64. The molecule has 2 N–H and O–H groups in total. The molecule has 2 nitrogen and oxygen atoms in total. The minimum absolute atomic E-state index is 0.120. The number of hydrogen-bond donors (Lipinski definition) is 2. The van der Waals surface area contributed by atoms with E-state index in [1.807, 2.05) is 24.3 Å². The van der Waals surface area contributed by atoms with Crippen LogP contribution in [0, 0.1) is 11.8 Å². The van der Waals surface area contributed by atoms with Crippen LogP contribution >= 0.6 is 0 Å². The Morgan fingerprint density at radius 1 is 0.963 bits per heavy atom. The summed E-state index contributed by atoms with van der Waals surface area (Å²) in [7, 11) is 0. The fourth-order valence-corrected chi connectivity index (χ4v) is 4.37. The molecule has 1 aliphatic carbocycles. The molecule has 2 unspecified atom stereocenters. The molecule has 27 heavy (non-hydrogen) atoms. The lowest BCUT2D eigenvalue weighted by atomic mass is 9.63. The lowest BCUT2D eigenvalue weighted by molar-refractivity contribution is 0.240. The Hall–Kier alpha value is -2.22. The molecular weight excluding hydrogens is 332 g/mol. The van der Waals surface area contributed by atoms with Crippen molar-refractivity contribution in [3.63, 3.8) is 0 Å². The first kappa shape index (κ1) is 19.5. The molecule has 0 amide bonds. The Morgan fingerprint density at radius 2 is 1.56 bits per heavy atom. The Morgan fingerprint density at radius 3 is 2.07 bits per heavy atom. The smallest absolute Gasteiger partial charge is 0.115 e. The highest BCUT2D eigenvalue weighted by atomic mass is 16.3. The zero-order valence-electron chi connectivity index (χ0n) is 16.8. The first-order valence-electron chi connectivity index (χ1n) is 10.2. The average molecular weight is 365 g/mol. The Balaban J connectivity index is 1.83. The fraction of sp³-hybridized carbons (Fsp3) is 0.440. The van der Waals surface area contributed by atoms with Gasteiger partial charge in [0.25, 0.3) is 0 Å². The van der Waals surface area contributed by atoms with E-state index < -0.39 is 0 Å². The van der Waals surface area contributed by atoms with Crippen LogP contribution < -0.4 is 0 Å². The van der Waals surface area contributed by atoms with Crippen LogP contribution in [-0.2, 0) is 5.41 Å². The van der Waals surface area contributed by atoms with Crippen molar-refractivity contribution in [2.75, 3.05) is 0 Å². The number of allylic oxidation sites excluding steroid dienone is 2. The van der Waals surface area contributed by atoms with Crippen LogP contribution in [0.25, 0.3) is 5.57 Å². The molecule has 2 aromatic carbocycles. The number of benzene rings is 2. The van der Waals surface area contributed by atoms with Crippen LogP contribution in [0.15, 0.2) is 54.6 Å². The summed E-state index contributed by atoms with van der Waals surface area (Å²) in [5.74, 6) is 1.94. The van der Waals surface area contributed by atoms with E-state index in [1.54, 1.807) is 12.1 Å². The Labute approximate surface area is 163 Å². The van der Waals surface area contributed by atoms with Gasteiger partial charge in [-0.1, -0.05) is 57.5 Å². The predicted octanol–water partition coefficient (Wildman–Crippen LogP) is 6.68. The maximum atomic E-state index is 9.70. The molecule has 2 atom stereocenters. The van der Waals surface area contributed by atoms with Gasteiger partial charge in [-0.2, -0.15) is 0 Å². The van der Waals surface area contributed by atoms with E-state index in [1.165, 1.54) is 36.0 Å². The minimum Gasteiger partial charge on any atom is -0.508 e. The quantitative estimate of drug-likeness (QED) is 0.600. The predicted molar refractivity (Wildman–Crippen MR) is 113 cm³/mol. The maximum Gasteiger partial charge on any atom is 0.115 e. The summed E-state index contributed by atoms with van der Waals surface area (Å²) >= 11 is 0. The van der Waals surface area contributed by atoms with Crippen molar-refractivity contribution in [2.24, 2.45) is 11.8 Å². The van der Waals surface area contributed by atoms with Crippen molar-refractivity contribution < 1.29 is 10.2 Å². The topological polar surface area (TPSA) is 40.5 Å². The molecule has 0 aliphatic heterocycles. The molecule has 0 radical (unpaired) electrons. The van der Waals surface area contributed by atoms with Crippen LogP contribution in [0.1, 0.15) is 64.0 Å². The Kier molecular flexibility index (Phi) is 5.94. The number of hydrogen-bond acceptors (Lipinski definition) is 2. The zero-order valence-corrected chi connectivity index (χ0v) is 16.8. The van der Waals surface area contributed by atoms with Gasteiger partial charge in [0.2, 0.25) is 0 Å². The molecule has 3 rings (SSSR count). The van der Waals surface area contributed by atoms with Gasteiger partial charge in [0.05, 0.1) is 0 Å². The van der Waals surface area contributed by atoms with E-state index in [0.717, 1.165) is 12.8 Å². The van der Waals surface area contributed by atoms with Crippen LogP contribution in [0.4, 0.5) is 0 Å². The lowest BCUT2D eigenvalue weighted by Gasteiger charge is -2.41. The van der Waals surface area contributed by atoms with Crippen molar-refractivity contribution in [3.8, 4) is 11.5 Å². The molecule has 0 heterocycles. The third-order valence-electron chi connectivity index (χ3n) is 6.32. The van der Waals surface area contributed by atoms with Crippen molar-refractivity contribution in [2.45, 2.75) is 58.3 Å². The molecular formula is C25H32O2. The molecule has 0 aromatic heterocycles. The molecule has 0 saturated carbocycles. The molecule has 144 valence electrons. The number of phenolic OH excluding ortho intramolecular Hbond substituents is 2. The van der Waals surface area contributed by atoms with E-state index in [2.05, 4.69) is 39.0 Å². The van der Waals surface area contributed by atoms with Crippen molar-refractivity contribution >= 4 is 5.57 Å². The molecule has 0 fully saturated rings. The second kappa shape index (κ2) is 8.21. The van der Waals surface area contributed by atoms with Crippen LogP contribution in [0.2, 0.25) is 0 Å². The van der Waals surface area contributed by atoms with Crippen LogP contribution in [0.3, 0.4) is 0 Å². The third kappa shape index (κ3) is 4.55. The van der Waals surface area contributed by atoms with Gasteiger partial charge in [-0.05, 0) is 83.9 Å². The summed E-state index contributed by atoms with van der Waals surface area (Å²) in [5.41, 5.74) is 4.07. The van der Waals surface area contributed by atoms with Crippen LogP contribution in [-0.4, -0.2) is 10.2 Å². The summed E-state index contributed by atoms with van der Waals surface area (Å²) in [6.45, 7) is 6.99. The first-order chi connectivity index (χ1) is 12.9. The van der Waals surface area contributed by atoms with Gasteiger partial charge in [0.1, 0.15) is 11.5 Å². The standard InChI is InChI=1S/C25H32O2/c1-18(2)16-17-25(3,22-10-14-24(27)15-11-22)21-8-4-19(5-9-21)20-6-12-23(26)13-7-20/h4,6-7,10-15,18,21,26-27H,5,8-9,16-17H2,1-3H3. The fourth-order valence-electron chi connectivity index (χ4n) is 4.37. The van der Waals surface area contributed by atoms with E-state index in [0.29, 0.717) is 23.3 Å². The maximum absolute atomic E-state index is 9.70. The lowest BCUT2D eigenvalue weighted by Crippen LogP contribution is -2.33. The highest BCUT2D eigenvalue weighted by molar-refractivity contribution is 5.66. The van der Waals surface area contributed by atoms with E-state index in [4.69, 9.17) is 0 Å². The molecule has 0 spiro atoms. The highest BCUT2D eigenvalue weighted by Crippen LogP contribution is 2.45. The average Bonchev–Trinajstić information content (AvgIpc) is 2.67. The van der Waals surface area contributed by atoms with Gasteiger partial charge in [-0.3, -0.25) is 0 Å². The van der Waals surface area contributed by atoms with Gasteiger partial charge in [-0.25, -0.2) is 0 Å². The normalized spacial score (nSPS) is 19.6. The zero-order chi connectivity index (χ0) is 19.4. The van der Waals surface area contributed by atoms with Gasteiger partial charge in [-0.15, -0.1) is 0 Å². The van der Waals surface area contributed by atoms with Crippen molar-refractivity contribution in [3.05, 3.63) is 65.7 Å². The minimum atomic E-state index is 0.120. The summed E-state index contributed by atoms with van der Waals surface area (Å²) in [6, 6.07) is 15.4. The Bertz CT molecular complexity index is 771. The number of rotatable bonds is 6. The summed E-state index contributed by atoms with van der Waals surface area (Å²) in [5, 5.41) is 19.2. The van der Waals surface area contributed by atoms with Gasteiger partial charge in [0, 0.05) is 0 Å². The molecule has 1 aliphatic rings. The van der Waals surface area contributed by atoms with Gasteiger partial charge < -0.3 is 10.2 Å². The van der Waals surface area contributed by atoms with Crippen molar-refractivity contribution in [1.82, 2.24) is 0 Å². The SMILES string of the molecule is CC(C)CCC(C)(c1ccc(O)cc1)C1CC=C(c2ccc(O)cc2)CC1. The molecule has 0 saturated heterocycles. The summed E-state index contributed by atoms with van der Waals surface area (Å²) < 4.78 is 0. The number of phenols is 2. The summed E-state index contributed by atoms with van der Waals surface area (Å²) in [6.07, 6.45) is 8.10. The van der Waals surface area contributed by atoms with Gasteiger partial charge in [0.15, 0.2) is 0 Å². The van der Waals surface area contributed by atoms with Crippen molar-refractivity contribution in [1.29, 1.82) is 0 Å². The third-order valence-corrected chi connectivity index (χ3v) is 6.32. The van der Waals surface area contributed by atoms with E-state index >= 15 is 0 Å². The highest BCUT2D eigenvalue weighted by Gasteiger charge is 2.36.